The number of aliphatic hydroxyl groups is 3. The van der Waals surface area contributed by atoms with Gasteiger partial charge in [0, 0.05) is 35.8 Å². The van der Waals surface area contributed by atoms with Crippen molar-refractivity contribution in [1.29, 1.82) is 0 Å². The van der Waals surface area contributed by atoms with Crippen molar-refractivity contribution in [3.8, 4) is 11.1 Å². The molecule has 9 nitrogen and oxygen atoms in total. The number of nitrogens with zero attached hydrogens (tertiary/aromatic N) is 4. The summed E-state index contributed by atoms with van der Waals surface area (Å²) in [5, 5.41) is 36.3. The Bertz CT molecular complexity index is 1100. The normalized spacial score (nSPS) is 16.1. The molecule has 0 atom stereocenters. The lowest BCUT2D eigenvalue weighted by atomic mass is 9.95. The van der Waals surface area contributed by atoms with Gasteiger partial charge in [0.1, 0.15) is 5.82 Å². The lowest BCUT2D eigenvalue weighted by Gasteiger charge is -2.32. The van der Waals surface area contributed by atoms with E-state index in [9.17, 15) is 20.1 Å². The quantitative estimate of drug-likeness (QED) is 0.433. The van der Waals surface area contributed by atoms with Crippen molar-refractivity contribution in [3.63, 3.8) is 0 Å². The van der Waals surface area contributed by atoms with Crippen molar-refractivity contribution < 1.29 is 20.1 Å². The van der Waals surface area contributed by atoms with Crippen LogP contribution >= 0.6 is 0 Å². The number of likely N-dealkylation sites (tertiary alicyclic amines) is 1. The summed E-state index contributed by atoms with van der Waals surface area (Å²) >= 11 is 0. The Morgan fingerprint density at radius 1 is 1.12 bits per heavy atom. The van der Waals surface area contributed by atoms with Gasteiger partial charge in [0.25, 0.3) is 0 Å². The maximum absolute atomic E-state index is 12.8. The summed E-state index contributed by atoms with van der Waals surface area (Å²) in [5.74, 6) is 1.12. The van der Waals surface area contributed by atoms with E-state index in [1.54, 1.807) is 6.20 Å². The van der Waals surface area contributed by atoms with Crippen LogP contribution in [0.5, 0.6) is 0 Å². The number of nitrogens with one attached hydrogen (secondary N) is 1. The molecule has 0 radical (unpaired) electrons. The van der Waals surface area contributed by atoms with Gasteiger partial charge in [-0.05, 0) is 54.9 Å². The zero-order chi connectivity index (χ0) is 22.9. The van der Waals surface area contributed by atoms with E-state index in [1.807, 2.05) is 24.3 Å². The van der Waals surface area contributed by atoms with Gasteiger partial charge in [-0.25, -0.2) is 4.98 Å². The minimum Gasteiger partial charge on any atom is -0.324 e. The van der Waals surface area contributed by atoms with Crippen LogP contribution in [0.25, 0.3) is 21.9 Å². The average molecular weight is 440 g/mol. The van der Waals surface area contributed by atoms with Crippen LogP contribution in [0.2, 0.25) is 0 Å². The second-order valence-corrected chi connectivity index (χ2v) is 8.86. The Morgan fingerprint density at radius 2 is 1.88 bits per heavy atom. The second-order valence-electron chi connectivity index (χ2n) is 8.86. The Hall–Kier alpha value is -2.85. The number of anilines is 1. The highest BCUT2D eigenvalue weighted by Crippen LogP contribution is 2.26. The predicted molar refractivity (Wildman–Crippen MR) is 120 cm³/mol. The Labute approximate surface area is 186 Å². The van der Waals surface area contributed by atoms with E-state index in [0.717, 1.165) is 48.8 Å². The second kappa shape index (κ2) is 8.95. The van der Waals surface area contributed by atoms with Gasteiger partial charge in [-0.3, -0.25) is 4.79 Å². The number of rotatable bonds is 6. The SMILES string of the molecule is CC(C)CN1CCC(C(=O)Nc2cc3cc(-c4cnn(C(O)(O)O)c4)ccc3cn2)CC1. The number of hydrogen-bond acceptors (Lipinski definition) is 7. The highest BCUT2D eigenvalue weighted by atomic mass is 16.7. The lowest BCUT2D eigenvalue weighted by Crippen LogP contribution is -2.39. The van der Waals surface area contributed by atoms with Gasteiger partial charge < -0.3 is 25.5 Å². The molecule has 9 heteroatoms. The summed E-state index contributed by atoms with van der Waals surface area (Å²) in [7, 11) is 0. The highest BCUT2D eigenvalue weighted by Gasteiger charge is 2.25. The first-order valence-corrected chi connectivity index (χ1v) is 10.8. The fourth-order valence-corrected chi connectivity index (χ4v) is 4.15. The zero-order valence-electron chi connectivity index (χ0n) is 18.3. The molecule has 3 aromatic rings. The van der Waals surface area contributed by atoms with Gasteiger partial charge in [0.15, 0.2) is 0 Å². The van der Waals surface area contributed by atoms with E-state index in [0.29, 0.717) is 22.0 Å². The van der Waals surface area contributed by atoms with Crippen LogP contribution in [0.1, 0.15) is 26.7 Å². The number of piperidine rings is 1. The van der Waals surface area contributed by atoms with E-state index in [4.69, 9.17) is 0 Å². The minimum atomic E-state index is -3.05. The fourth-order valence-electron chi connectivity index (χ4n) is 4.15. The fraction of sp³-hybridized carbons (Fsp3) is 0.435. The molecule has 1 aliphatic heterocycles. The van der Waals surface area contributed by atoms with Gasteiger partial charge in [-0.15, -0.1) is 0 Å². The smallest absolute Gasteiger partial charge is 0.324 e. The summed E-state index contributed by atoms with van der Waals surface area (Å²) in [6, 6.07) is 7.45. The van der Waals surface area contributed by atoms with E-state index in [-0.39, 0.29) is 11.8 Å². The van der Waals surface area contributed by atoms with Crippen LogP contribution in [0.3, 0.4) is 0 Å². The summed E-state index contributed by atoms with van der Waals surface area (Å²) < 4.78 is 0.650. The molecule has 4 N–H and O–H groups in total. The van der Waals surface area contributed by atoms with E-state index >= 15 is 0 Å². The first kappa shape index (κ1) is 22.3. The molecule has 3 heterocycles. The molecule has 170 valence electrons. The molecule has 0 unspecified atom stereocenters. The van der Waals surface area contributed by atoms with E-state index in [1.165, 1.54) is 12.4 Å². The molecule has 1 amide bonds. The first-order valence-electron chi connectivity index (χ1n) is 10.8. The van der Waals surface area contributed by atoms with Gasteiger partial charge in [-0.2, -0.15) is 9.78 Å². The predicted octanol–water partition coefficient (Wildman–Crippen LogP) is 1.95. The Balaban J connectivity index is 1.46. The Morgan fingerprint density at radius 3 is 2.53 bits per heavy atom. The third-order valence-corrected chi connectivity index (χ3v) is 5.78. The van der Waals surface area contributed by atoms with Crippen LogP contribution in [0, 0.1) is 11.8 Å². The summed E-state index contributed by atoms with van der Waals surface area (Å²) in [6.07, 6.45) is 3.11. The van der Waals surface area contributed by atoms with Crippen molar-refractivity contribution in [2.45, 2.75) is 32.8 Å². The molecular weight excluding hydrogens is 410 g/mol. The molecule has 0 aliphatic carbocycles. The summed E-state index contributed by atoms with van der Waals surface area (Å²) in [5.41, 5.74) is 1.37. The Kier molecular flexibility index (Phi) is 6.25. The minimum absolute atomic E-state index is 0.00338. The largest absolute Gasteiger partial charge is 0.389 e. The van der Waals surface area contributed by atoms with Gasteiger partial charge in [0.2, 0.25) is 5.91 Å². The number of fused-ring (bicyclic) bond motifs is 1. The molecule has 1 aliphatic rings. The molecule has 1 aromatic carbocycles. The van der Waals surface area contributed by atoms with Crippen molar-refractivity contribution in [2.24, 2.45) is 11.8 Å². The maximum atomic E-state index is 12.8. The van der Waals surface area contributed by atoms with Crippen LogP contribution < -0.4 is 5.32 Å². The first-order chi connectivity index (χ1) is 15.2. The van der Waals surface area contributed by atoms with Crippen LogP contribution in [-0.4, -0.2) is 60.5 Å². The summed E-state index contributed by atoms with van der Waals surface area (Å²) in [6.45, 7) is 7.36. The molecule has 0 saturated carbocycles. The van der Waals surface area contributed by atoms with Crippen LogP contribution in [0.4, 0.5) is 5.82 Å². The molecule has 32 heavy (non-hydrogen) atoms. The van der Waals surface area contributed by atoms with E-state index < -0.39 is 6.10 Å². The lowest BCUT2D eigenvalue weighted by molar-refractivity contribution is -0.380. The van der Waals surface area contributed by atoms with Crippen LogP contribution in [-0.2, 0) is 10.9 Å². The molecule has 4 rings (SSSR count). The molecule has 2 aromatic heterocycles. The maximum Gasteiger partial charge on any atom is 0.389 e. The molecule has 0 spiro atoms. The van der Waals surface area contributed by atoms with Gasteiger partial charge in [0.05, 0.1) is 6.20 Å². The highest BCUT2D eigenvalue weighted by molar-refractivity contribution is 5.95. The monoisotopic (exact) mass is 439 g/mol. The van der Waals surface area contributed by atoms with Crippen molar-refractivity contribution >= 4 is 22.5 Å². The molecule has 1 fully saturated rings. The molecular formula is C23H29N5O4. The van der Waals surface area contributed by atoms with E-state index in [2.05, 4.69) is 34.1 Å². The van der Waals surface area contributed by atoms with Crippen LogP contribution in [0.15, 0.2) is 42.9 Å². The third kappa shape index (κ3) is 5.13. The number of carbonyl (C=O) groups excluding carboxylic acids is 1. The topological polar surface area (TPSA) is 124 Å². The van der Waals surface area contributed by atoms with Crippen molar-refractivity contribution in [2.75, 3.05) is 25.0 Å². The summed E-state index contributed by atoms with van der Waals surface area (Å²) in [4.78, 5) is 19.6. The van der Waals surface area contributed by atoms with Gasteiger partial charge >= 0.3 is 6.10 Å². The number of amides is 1. The number of hydrogen-bond donors (Lipinski definition) is 4. The third-order valence-electron chi connectivity index (χ3n) is 5.78. The number of aromatic nitrogens is 3. The van der Waals surface area contributed by atoms with Gasteiger partial charge in [-0.1, -0.05) is 26.0 Å². The standard InChI is InChI=1S/C23H29N5O4/c1-15(2)13-27-7-5-16(6-8-27)22(29)26-21-10-19-9-17(3-4-18(19)11-24-21)20-12-25-28(14-20)23(30,31)32/h3-4,9-12,14-16,30-32H,5-8,13H2,1-2H3,(H,24,26,29). The number of pyridine rings is 1. The molecule has 1 saturated heterocycles. The zero-order valence-corrected chi connectivity index (χ0v) is 18.3. The number of benzene rings is 1. The molecule has 0 bridgehead atoms. The number of carbonyl (C=O) groups is 1. The van der Waals surface area contributed by atoms with Crippen molar-refractivity contribution in [1.82, 2.24) is 19.7 Å². The average Bonchev–Trinajstić information content (AvgIpc) is 3.24. The van der Waals surface area contributed by atoms with Crippen molar-refractivity contribution in [3.05, 3.63) is 42.9 Å².